The lowest BCUT2D eigenvalue weighted by atomic mass is 10.0. The minimum Gasteiger partial charge on any atom is -0.494 e. The van der Waals surface area contributed by atoms with Crippen LogP contribution in [0.1, 0.15) is 19.4 Å². The molecule has 4 nitrogen and oxygen atoms in total. The van der Waals surface area contributed by atoms with E-state index in [1.807, 2.05) is 43.3 Å². The summed E-state index contributed by atoms with van der Waals surface area (Å²) in [7, 11) is 0. The molecule has 0 aromatic heterocycles. The highest BCUT2D eigenvalue weighted by Crippen LogP contribution is 2.24. The molecule has 19 heavy (non-hydrogen) atoms. The lowest BCUT2D eigenvalue weighted by Crippen LogP contribution is -2.19. The molecule has 0 heterocycles. The van der Waals surface area contributed by atoms with E-state index in [0.29, 0.717) is 13.2 Å². The normalized spacial score (nSPS) is 10.4. The average molecular weight is 259 g/mol. The maximum atomic E-state index is 10.8. The fraction of sp³-hybridized carbons (Fsp3) is 0.267. The minimum atomic E-state index is -0.213. The molecule has 0 spiro atoms. The van der Waals surface area contributed by atoms with Crippen LogP contribution in [0.5, 0.6) is 5.75 Å². The van der Waals surface area contributed by atoms with Gasteiger partial charge >= 0.3 is 0 Å². The third-order valence-electron chi connectivity index (χ3n) is 2.70. The van der Waals surface area contributed by atoms with E-state index in [4.69, 9.17) is 9.57 Å². The number of rotatable bonds is 5. The highest BCUT2D eigenvalue weighted by atomic mass is 16.6. The van der Waals surface area contributed by atoms with Gasteiger partial charge in [-0.25, -0.2) is 5.48 Å². The fourth-order valence-electron chi connectivity index (χ4n) is 1.91. The van der Waals surface area contributed by atoms with Crippen molar-refractivity contribution >= 4 is 16.7 Å². The van der Waals surface area contributed by atoms with Crippen molar-refractivity contribution in [1.29, 1.82) is 0 Å². The molecule has 4 heteroatoms. The molecule has 2 aromatic carbocycles. The van der Waals surface area contributed by atoms with E-state index in [9.17, 15) is 4.79 Å². The maximum absolute atomic E-state index is 10.8. The minimum absolute atomic E-state index is 0.213. The molecule has 2 aromatic rings. The highest BCUT2D eigenvalue weighted by molar-refractivity contribution is 5.87. The van der Waals surface area contributed by atoms with E-state index in [2.05, 4.69) is 5.48 Å². The molecule has 0 unspecified atom stereocenters. The van der Waals surface area contributed by atoms with E-state index in [-0.39, 0.29) is 5.91 Å². The number of nitrogens with one attached hydrogen (secondary N) is 1. The van der Waals surface area contributed by atoms with Gasteiger partial charge in [-0.05, 0) is 35.4 Å². The number of carbonyl (C=O) groups excluding carboxylic acids is 1. The Bertz CT molecular complexity index is 581. The number of hydroxylamine groups is 1. The summed E-state index contributed by atoms with van der Waals surface area (Å²) in [6, 6.07) is 11.9. The number of carbonyl (C=O) groups is 1. The summed E-state index contributed by atoms with van der Waals surface area (Å²) < 4.78 is 5.50. The standard InChI is InChI=1S/C15H17NO3/c1-3-18-14-8-7-12-5-4-6-13(15(12)9-14)10-19-16-11(2)17/h4-9H,3,10H2,1-2H3,(H,16,17). The topological polar surface area (TPSA) is 47.6 Å². The van der Waals surface area contributed by atoms with Gasteiger partial charge < -0.3 is 4.74 Å². The van der Waals surface area contributed by atoms with Gasteiger partial charge in [-0.15, -0.1) is 0 Å². The summed E-state index contributed by atoms with van der Waals surface area (Å²) in [5.41, 5.74) is 3.34. The van der Waals surface area contributed by atoms with Gasteiger partial charge in [-0.3, -0.25) is 9.63 Å². The molecule has 0 radical (unpaired) electrons. The fourth-order valence-corrected chi connectivity index (χ4v) is 1.91. The van der Waals surface area contributed by atoms with Crippen LogP contribution in [0.2, 0.25) is 0 Å². The van der Waals surface area contributed by atoms with Gasteiger partial charge in [-0.1, -0.05) is 24.3 Å². The first-order chi connectivity index (χ1) is 9.20. The number of hydrogen-bond acceptors (Lipinski definition) is 3. The molecule has 0 saturated carbocycles. The molecule has 1 N–H and O–H groups in total. The second-order valence-electron chi connectivity index (χ2n) is 4.18. The van der Waals surface area contributed by atoms with Crippen molar-refractivity contribution in [2.75, 3.05) is 6.61 Å². The summed E-state index contributed by atoms with van der Waals surface area (Å²) in [5.74, 6) is 0.622. The first-order valence-corrected chi connectivity index (χ1v) is 6.23. The molecule has 0 saturated heterocycles. The Morgan fingerprint density at radius 3 is 2.84 bits per heavy atom. The molecule has 0 fully saturated rings. The molecule has 0 aliphatic rings. The Morgan fingerprint density at radius 1 is 1.26 bits per heavy atom. The summed E-state index contributed by atoms with van der Waals surface area (Å²) in [6.07, 6.45) is 0. The van der Waals surface area contributed by atoms with Crippen molar-refractivity contribution in [3.05, 3.63) is 42.0 Å². The Balaban J connectivity index is 2.26. The Morgan fingerprint density at radius 2 is 2.11 bits per heavy atom. The summed E-state index contributed by atoms with van der Waals surface area (Å²) in [4.78, 5) is 15.9. The molecular formula is C15H17NO3. The number of amides is 1. The van der Waals surface area contributed by atoms with Gasteiger partial charge in [0.05, 0.1) is 6.61 Å². The smallest absolute Gasteiger partial charge is 0.240 e. The molecule has 2 rings (SSSR count). The van der Waals surface area contributed by atoms with Crippen LogP contribution >= 0.6 is 0 Å². The first-order valence-electron chi connectivity index (χ1n) is 6.23. The van der Waals surface area contributed by atoms with Crippen LogP contribution < -0.4 is 10.2 Å². The third-order valence-corrected chi connectivity index (χ3v) is 2.70. The number of ether oxygens (including phenoxy) is 1. The van der Waals surface area contributed by atoms with Crippen molar-refractivity contribution in [3.63, 3.8) is 0 Å². The number of hydrogen-bond donors (Lipinski definition) is 1. The zero-order valence-electron chi connectivity index (χ0n) is 11.1. The van der Waals surface area contributed by atoms with E-state index >= 15 is 0 Å². The summed E-state index contributed by atoms with van der Waals surface area (Å²) >= 11 is 0. The van der Waals surface area contributed by atoms with Gasteiger partial charge in [0, 0.05) is 6.92 Å². The SMILES string of the molecule is CCOc1ccc2cccc(CONC(C)=O)c2c1. The Labute approximate surface area is 112 Å². The summed E-state index contributed by atoms with van der Waals surface area (Å²) in [6.45, 7) is 4.33. The molecule has 100 valence electrons. The highest BCUT2D eigenvalue weighted by Gasteiger charge is 2.03. The van der Waals surface area contributed by atoms with Gasteiger partial charge in [0.1, 0.15) is 12.4 Å². The Hall–Kier alpha value is -2.07. The van der Waals surface area contributed by atoms with Crippen molar-refractivity contribution < 1.29 is 14.4 Å². The second kappa shape index (κ2) is 6.20. The third kappa shape index (κ3) is 3.45. The number of benzene rings is 2. The quantitative estimate of drug-likeness (QED) is 0.840. The molecule has 1 amide bonds. The van der Waals surface area contributed by atoms with Crippen LogP contribution in [-0.4, -0.2) is 12.5 Å². The lowest BCUT2D eigenvalue weighted by Gasteiger charge is -2.09. The van der Waals surface area contributed by atoms with Crippen LogP contribution in [0.3, 0.4) is 0 Å². The largest absolute Gasteiger partial charge is 0.494 e. The monoisotopic (exact) mass is 259 g/mol. The zero-order chi connectivity index (χ0) is 13.7. The van der Waals surface area contributed by atoms with Gasteiger partial charge in [-0.2, -0.15) is 0 Å². The molecule has 0 aliphatic heterocycles. The molecule has 0 atom stereocenters. The predicted octanol–water partition coefficient (Wildman–Crippen LogP) is 2.81. The van der Waals surface area contributed by atoms with Crippen molar-refractivity contribution in [1.82, 2.24) is 5.48 Å². The van der Waals surface area contributed by atoms with Gasteiger partial charge in [0.25, 0.3) is 0 Å². The van der Waals surface area contributed by atoms with E-state index in [1.54, 1.807) is 0 Å². The first kappa shape index (κ1) is 13.4. The van der Waals surface area contributed by atoms with Crippen molar-refractivity contribution in [2.45, 2.75) is 20.5 Å². The van der Waals surface area contributed by atoms with Crippen molar-refractivity contribution in [3.8, 4) is 5.75 Å². The van der Waals surface area contributed by atoms with E-state index in [0.717, 1.165) is 22.1 Å². The molecular weight excluding hydrogens is 242 g/mol. The molecule has 0 aliphatic carbocycles. The van der Waals surface area contributed by atoms with Gasteiger partial charge in [0.15, 0.2) is 0 Å². The van der Waals surface area contributed by atoms with E-state index in [1.165, 1.54) is 6.92 Å². The van der Waals surface area contributed by atoms with Crippen LogP contribution in [0.15, 0.2) is 36.4 Å². The number of fused-ring (bicyclic) bond motifs is 1. The maximum Gasteiger partial charge on any atom is 0.240 e. The van der Waals surface area contributed by atoms with Crippen LogP contribution in [0.25, 0.3) is 10.8 Å². The van der Waals surface area contributed by atoms with Crippen LogP contribution in [-0.2, 0) is 16.2 Å². The average Bonchev–Trinajstić information content (AvgIpc) is 2.39. The molecule has 0 bridgehead atoms. The lowest BCUT2D eigenvalue weighted by molar-refractivity contribution is -0.132. The van der Waals surface area contributed by atoms with E-state index < -0.39 is 0 Å². The van der Waals surface area contributed by atoms with Gasteiger partial charge in [0.2, 0.25) is 5.91 Å². The second-order valence-corrected chi connectivity index (χ2v) is 4.18. The van der Waals surface area contributed by atoms with Crippen molar-refractivity contribution in [2.24, 2.45) is 0 Å². The van der Waals surface area contributed by atoms with Crippen LogP contribution in [0.4, 0.5) is 0 Å². The Kier molecular flexibility index (Phi) is 4.36. The summed E-state index contributed by atoms with van der Waals surface area (Å²) in [5, 5.41) is 2.19. The zero-order valence-corrected chi connectivity index (χ0v) is 11.1. The van der Waals surface area contributed by atoms with Crippen LogP contribution in [0, 0.1) is 0 Å². The predicted molar refractivity (Wildman–Crippen MR) is 73.7 cm³/mol.